The molecule has 0 amide bonds. The molecule has 0 aliphatic carbocycles. The molecule has 1 heterocycles. The standard InChI is InChI=1S/C16H18O2.C6H12NO.HI/c1-3-12-18-14-10-8-13(9-11-14)15-6-4-5-7-16(15)17-2;1-6(2)4-8-5-7(6)3;/h4-11H,3,12H2,1-2H3;5H,4H2,1-3H3;1H/q;+1;/p-1. The number of likely N-dealkylation sites (N-methyl/N-ethyl adjacent to an activating group) is 1. The molecule has 0 spiro atoms. The van der Waals surface area contributed by atoms with Crippen molar-refractivity contribution in [2.75, 3.05) is 27.4 Å². The first-order valence-corrected chi connectivity index (χ1v) is 9.02. The van der Waals surface area contributed by atoms with Crippen molar-refractivity contribution in [2.45, 2.75) is 32.7 Å². The molecule has 5 heteroatoms. The molecule has 3 rings (SSSR count). The van der Waals surface area contributed by atoms with Gasteiger partial charge < -0.3 is 38.2 Å². The van der Waals surface area contributed by atoms with Gasteiger partial charge in [-0.15, -0.1) is 0 Å². The number of hydrogen-bond donors (Lipinski definition) is 0. The Kier molecular flexibility index (Phi) is 9.63. The molecule has 2 aromatic carbocycles. The fraction of sp³-hybridized carbons (Fsp3) is 0.409. The SMILES string of the molecule is CCCOc1ccc(-c2ccccc2OC)cc1.C[N+]1=COCC1(C)C.[I-]. The third-order valence-corrected chi connectivity index (χ3v) is 4.37. The summed E-state index contributed by atoms with van der Waals surface area (Å²) in [4.78, 5) is 0. The predicted octanol–water partition coefficient (Wildman–Crippen LogP) is 1.62. The molecular formula is C22H30INO3. The fourth-order valence-electron chi connectivity index (χ4n) is 2.43. The Hall–Kier alpha value is -1.76. The van der Waals surface area contributed by atoms with E-state index in [0.717, 1.165) is 42.3 Å². The van der Waals surface area contributed by atoms with E-state index in [1.54, 1.807) is 13.5 Å². The lowest BCUT2D eigenvalue weighted by Gasteiger charge is -2.09. The van der Waals surface area contributed by atoms with E-state index in [2.05, 4.69) is 43.5 Å². The molecule has 0 saturated carbocycles. The van der Waals surface area contributed by atoms with Crippen LogP contribution in [-0.4, -0.2) is 43.9 Å². The van der Waals surface area contributed by atoms with Gasteiger partial charge in [-0.3, -0.25) is 0 Å². The molecule has 27 heavy (non-hydrogen) atoms. The second-order valence-corrected chi connectivity index (χ2v) is 6.91. The lowest BCUT2D eigenvalue weighted by atomic mass is 10.0. The molecule has 1 aliphatic rings. The van der Waals surface area contributed by atoms with Crippen LogP contribution >= 0.6 is 0 Å². The van der Waals surface area contributed by atoms with Gasteiger partial charge in [-0.25, -0.2) is 0 Å². The van der Waals surface area contributed by atoms with E-state index in [-0.39, 0.29) is 29.5 Å². The second kappa shape index (κ2) is 11.2. The highest BCUT2D eigenvalue weighted by atomic mass is 127. The van der Waals surface area contributed by atoms with Crippen molar-refractivity contribution >= 4 is 6.40 Å². The Morgan fingerprint density at radius 1 is 1.07 bits per heavy atom. The number of rotatable bonds is 5. The maximum Gasteiger partial charge on any atom is 0.324 e. The molecular weight excluding hydrogens is 453 g/mol. The Bertz CT molecular complexity index is 727. The first-order valence-electron chi connectivity index (χ1n) is 9.02. The normalized spacial score (nSPS) is 14.0. The van der Waals surface area contributed by atoms with Crippen molar-refractivity contribution in [1.82, 2.24) is 0 Å². The summed E-state index contributed by atoms with van der Waals surface area (Å²) in [5.41, 5.74) is 2.44. The smallest absolute Gasteiger partial charge is 0.324 e. The highest BCUT2D eigenvalue weighted by Gasteiger charge is 2.32. The van der Waals surface area contributed by atoms with Gasteiger partial charge in [0.25, 0.3) is 0 Å². The van der Waals surface area contributed by atoms with E-state index in [1.807, 2.05) is 37.4 Å². The molecule has 2 aromatic rings. The number of ether oxygens (including phenoxy) is 3. The van der Waals surface area contributed by atoms with Gasteiger partial charge in [0.1, 0.15) is 18.5 Å². The highest BCUT2D eigenvalue weighted by molar-refractivity contribution is 5.70. The topological polar surface area (TPSA) is 30.7 Å². The van der Waals surface area contributed by atoms with E-state index >= 15 is 0 Å². The summed E-state index contributed by atoms with van der Waals surface area (Å²) in [7, 11) is 3.71. The maximum atomic E-state index is 5.57. The Morgan fingerprint density at radius 2 is 1.74 bits per heavy atom. The van der Waals surface area contributed by atoms with Crippen molar-refractivity contribution in [3.63, 3.8) is 0 Å². The molecule has 0 N–H and O–H groups in total. The molecule has 0 aromatic heterocycles. The number of nitrogens with zero attached hydrogens (tertiary/aromatic N) is 1. The molecule has 148 valence electrons. The molecule has 0 atom stereocenters. The average molecular weight is 483 g/mol. The number of halogens is 1. The van der Waals surface area contributed by atoms with Crippen LogP contribution in [-0.2, 0) is 4.74 Å². The van der Waals surface area contributed by atoms with Crippen LogP contribution in [0.15, 0.2) is 48.5 Å². The number of methoxy groups -OCH3 is 1. The summed E-state index contributed by atoms with van der Waals surface area (Å²) < 4.78 is 18.1. The van der Waals surface area contributed by atoms with Crippen molar-refractivity contribution < 1.29 is 42.8 Å². The third kappa shape index (κ3) is 6.72. The summed E-state index contributed by atoms with van der Waals surface area (Å²) >= 11 is 0. The number of para-hydroxylation sites is 1. The molecule has 0 bridgehead atoms. The minimum absolute atomic E-state index is 0. The monoisotopic (exact) mass is 483 g/mol. The number of benzene rings is 2. The van der Waals surface area contributed by atoms with Gasteiger partial charge in [-0.1, -0.05) is 37.3 Å². The van der Waals surface area contributed by atoms with Gasteiger partial charge in [-0.05, 0) is 30.2 Å². The summed E-state index contributed by atoms with van der Waals surface area (Å²) in [6, 6.07) is 16.1. The van der Waals surface area contributed by atoms with E-state index in [1.165, 1.54) is 0 Å². The van der Waals surface area contributed by atoms with Gasteiger partial charge in [-0.2, -0.15) is 4.58 Å². The highest BCUT2D eigenvalue weighted by Crippen LogP contribution is 2.30. The van der Waals surface area contributed by atoms with Crippen molar-refractivity contribution in [2.24, 2.45) is 0 Å². The largest absolute Gasteiger partial charge is 1.00 e. The number of hydrogen-bond acceptors (Lipinski definition) is 3. The molecule has 0 fully saturated rings. The van der Waals surface area contributed by atoms with Crippen molar-refractivity contribution in [3.8, 4) is 22.6 Å². The van der Waals surface area contributed by atoms with Crippen LogP contribution < -0.4 is 33.5 Å². The zero-order valence-electron chi connectivity index (χ0n) is 16.9. The molecule has 0 saturated heterocycles. The van der Waals surface area contributed by atoms with Crippen LogP contribution in [0.4, 0.5) is 0 Å². The molecule has 0 radical (unpaired) electrons. The third-order valence-electron chi connectivity index (χ3n) is 4.37. The van der Waals surface area contributed by atoms with E-state index in [0.29, 0.717) is 0 Å². The predicted molar refractivity (Wildman–Crippen MR) is 106 cm³/mol. The van der Waals surface area contributed by atoms with Crippen LogP contribution in [0.1, 0.15) is 27.2 Å². The Labute approximate surface area is 180 Å². The van der Waals surface area contributed by atoms with E-state index in [9.17, 15) is 0 Å². The Balaban J connectivity index is 0.000000342. The molecule has 4 nitrogen and oxygen atoms in total. The summed E-state index contributed by atoms with van der Waals surface area (Å²) in [6.07, 6.45) is 2.79. The zero-order chi connectivity index (χ0) is 19.0. The van der Waals surface area contributed by atoms with Gasteiger partial charge >= 0.3 is 6.40 Å². The fourth-order valence-corrected chi connectivity index (χ4v) is 2.43. The van der Waals surface area contributed by atoms with Gasteiger partial charge in [0.15, 0.2) is 12.1 Å². The van der Waals surface area contributed by atoms with Gasteiger partial charge in [0, 0.05) is 19.4 Å². The van der Waals surface area contributed by atoms with Gasteiger partial charge in [0.05, 0.1) is 13.7 Å². The quantitative estimate of drug-likeness (QED) is 0.479. The first-order chi connectivity index (χ1) is 12.5. The van der Waals surface area contributed by atoms with Crippen LogP contribution in [0.2, 0.25) is 0 Å². The lowest BCUT2D eigenvalue weighted by Crippen LogP contribution is -3.00. The van der Waals surface area contributed by atoms with E-state index in [4.69, 9.17) is 14.2 Å². The second-order valence-electron chi connectivity index (χ2n) is 6.91. The van der Waals surface area contributed by atoms with Crippen LogP contribution in [0, 0.1) is 0 Å². The minimum atomic E-state index is 0. The minimum Gasteiger partial charge on any atom is -1.00 e. The van der Waals surface area contributed by atoms with Gasteiger partial charge in [0.2, 0.25) is 0 Å². The summed E-state index contributed by atoms with van der Waals surface area (Å²) in [6.45, 7) is 7.97. The van der Waals surface area contributed by atoms with Crippen molar-refractivity contribution in [1.29, 1.82) is 0 Å². The average Bonchev–Trinajstić information content (AvgIpc) is 2.97. The van der Waals surface area contributed by atoms with E-state index < -0.39 is 0 Å². The first kappa shape index (κ1) is 23.3. The molecule has 1 aliphatic heterocycles. The summed E-state index contributed by atoms with van der Waals surface area (Å²) in [5, 5.41) is 0. The molecule has 0 unspecified atom stereocenters. The zero-order valence-corrected chi connectivity index (χ0v) is 19.0. The van der Waals surface area contributed by atoms with Crippen LogP contribution in [0.5, 0.6) is 11.5 Å². The van der Waals surface area contributed by atoms with Crippen LogP contribution in [0.25, 0.3) is 11.1 Å². The summed E-state index contributed by atoms with van der Waals surface area (Å²) in [5.74, 6) is 1.80. The lowest BCUT2D eigenvalue weighted by molar-refractivity contribution is -0.559. The van der Waals surface area contributed by atoms with Crippen LogP contribution in [0.3, 0.4) is 0 Å². The van der Waals surface area contributed by atoms with Crippen molar-refractivity contribution in [3.05, 3.63) is 48.5 Å². The Morgan fingerprint density at radius 3 is 2.22 bits per heavy atom. The maximum absolute atomic E-state index is 5.57.